The summed E-state index contributed by atoms with van der Waals surface area (Å²) in [4.78, 5) is 32.2. The lowest BCUT2D eigenvalue weighted by atomic mass is 9.95. The van der Waals surface area contributed by atoms with E-state index in [4.69, 9.17) is 9.47 Å². The van der Waals surface area contributed by atoms with Crippen LogP contribution in [0.4, 0.5) is 24.5 Å². The molecule has 1 N–H and O–H groups in total. The van der Waals surface area contributed by atoms with Crippen molar-refractivity contribution in [3.63, 3.8) is 0 Å². The number of piperidine rings is 1. The Labute approximate surface area is 225 Å². The van der Waals surface area contributed by atoms with Crippen molar-refractivity contribution >= 4 is 23.2 Å². The van der Waals surface area contributed by atoms with Crippen LogP contribution in [0, 0.1) is 11.8 Å². The number of alkyl halides is 3. The summed E-state index contributed by atoms with van der Waals surface area (Å²) in [7, 11) is 0. The van der Waals surface area contributed by atoms with Gasteiger partial charge in [-0.2, -0.15) is 13.2 Å². The third-order valence-corrected chi connectivity index (χ3v) is 7.67. The van der Waals surface area contributed by atoms with Crippen LogP contribution in [0.25, 0.3) is 0 Å². The third-order valence-electron chi connectivity index (χ3n) is 7.67. The van der Waals surface area contributed by atoms with E-state index in [1.54, 1.807) is 24.3 Å². The monoisotopic (exact) mass is 546 g/mol. The van der Waals surface area contributed by atoms with E-state index in [-0.39, 0.29) is 36.7 Å². The van der Waals surface area contributed by atoms with Gasteiger partial charge < -0.3 is 24.6 Å². The molecule has 1 aromatic carbocycles. The number of carbonyl (C=O) groups is 2. The maximum absolute atomic E-state index is 13.2. The van der Waals surface area contributed by atoms with Crippen LogP contribution in [0.5, 0.6) is 5.75 Å². The molecule has 0 aliphatic carbocycles. The van der Waals surface area contributed by atoms with Crippen molar-refractivity contribution in [2.24, 2.45) is 11.8 Å². The van der Waals surface area contributed by atoms with E-state index in [0.717, 1.165) is 45.1 Å². The van der Waals surface area contributed by atoms with E-state index >= 15 is 0 Å². The number of likely N-dealkylation sites (tertiary alicyclic amines) is 1. The van der Waals surface area contributed by atoms with Crippen LogP contribution in [-0.2, 0) is 20.5 Å². The lowest BCUT2D eigenvalue weighted by molar-refractivity contribution is -0.140. The summed E-state index contributed by atoms with van der Waals surface area (Å²) in [5.41, 5.74) is -0.353. The lowest BCUT2D eigenvalue weighted by Gasteiger charge is -2.40. The largest absolute Gasteiger partial charge is 0.490 e. The standard InChI is InChI=1S/C28H33F3N4O4/c29-28(30,31)26-24(2-1-11-32-26)35-17-20(18-35)27(37)33-21-3-5-22(6-4-21)39-23-7-12-34(13-8-23)25(36)16-19-9-14-38-15-10-19/h1-6,11,19-20,23H,7-10,12-18H2,(H,33,37). The third kappa shape index (κ3) is 6.81. The molecule has 0 bridgehead atoms. The summed E-state index contributed by atoms with van der Waals surface area (Å²) in [5, 5.41) is 2.83. The van der Waals surface area contributed by atoms with Gasteiger partial charge in [-0.1, -0.05) is 0 Å². The predicted octanol–water partition coefficient (Wildman–Crippen LogP) is 4.36. The van der Waals surface area contributed by atoms with Gasteiger partial charge in [-0.3, -0.25) is 9.59 Å². The lowest BCUT2D eigenvalue weighted by Crippen LogP contribution is -2.52. The number of benzene rings is 1. The van der Waals surface area contributed by atoms with Gasteiger partial charge in [0, 0.05) is 70.5 Å². The molecule has 5 rings (SSSR count). The van der Waals surface area contributed by atoms with Crippen molar-refractivity contribution in [3.05, 3.63) is 48.3 Å². The number of aromatic nitrogens is 1. The van der Waals surface area contributed by atoms with Crippen molar-refractivity contribution < 1.29 is 32.2 Å². The van der Waals surface area contributed by atoms with Crippen molar-refractivity contribution in [1.82, 2.24) is 9.88 Å². The molecule has 0 atom stereocenters. The van der Waals surface area contributed by atoms with Crippen LogP contribution in [0.3, 0.4) is 0 Å². The maximum atomic E-state index is 13.2. The SMILES string of the molecule is O=C(Nc1ccc(OC2CCN(C(=O)CC3CCOCC3)CC2)cc1)C1CN(c2cccnc2C(F)(F)F)C1. The number of nitrogens with zero attached hydrogens (tertiary/aromatic N) is 3. The smallest absolute Gasteiger partial charge is 0.435 e. The van der Waals surface area contributed by atoms with Crippen molar-refractivity contribution in [2.45, 2.75) is 44.4 Å². The normalized spacial score (nSPS) is 19.5. The Morgan fingerprint density at radius 2 is 1.72 bits per heavy atom. The van der Waals surface area contributed by atoms with Gasteiger partial charge in [0.25, 0.3) is 0 Å². The highest BCUT2D eigenvalue weighted by atomic mass is 19.4. The quantitative estimate of drug-likeness (QED) is 0.556. The second kappa shape index (κ2) is 11.8. The molecule has 1 aromatic heterocycles. The van der Waals surface area contributed by atoms with E-state index in [1.165, 1.54) is 17.0 Å². The fourth-order valence-corrected chi connectivity index (χ4v) is 5.31. The molecule has 3 fully saturated rings. The Balaban J connectivity index is 1.04. The average Bonchev–Trinajstić information content (AvgIpc) is 2.90. The van der Waals surface area contributed by atoms with Crippen LogP contribution in [-0.4, -0.2) is 67.2 Å². The second-order valence-corrected chi connectivity index (χ2v) is 10.4. The first-order chi connectivity index (χ1) is 18.8. The zero-order chi connectivity index (χ0) is 27.4. The topological polar surface area (TPSA) is 84.0 Å². The summed E-state index contributed by atoms with van der Waals surface area (Å²) in [6, 6.07) is 9.90. The molecular weight excluding hydrogens is 513 g/mol. The Kier molecular flexibility index (Phi) is 8.25. The highest BCUT2D eigenvalue weighted by Crippen LogP contribution is 2.37. The minimum atomic E-state index is -4.55. The summed E-state index contributed by atoms with van der Waals surface area (Å²) in [5.74, 6) is 0.671. The van der Waals surface area contributed by atoms with Gasteiger partial charge in [0.15, 0.2) is 5.69 Å². The van der Waals surface area contributed by atoms with E-state index in [2.05, 4.69) is 10.3 Å². The second-order valence-electron chi connectivity index (χ2n) is 10.4. The fraction of sp³-hybridized carbons (Fsp3) is 0.536. The van der Waals surface area contributed by atoms with Crippen molar-refractivity contribution in [1.29, 1.82) is 0 Å². The average molecular weight is 547 g/mol. The van der Waals surface area contributed by atoms with E-state index < -0.39 is 17.8 Å². The molecule has 210 valence electrons. The molecule has 3 saturated heterocycles. The molecule has 2 aromatic rings. The van der Waals surface area contributed by atoms with Gasteiger partial charge in [0.1, 0.15) is 11.9 Å². The number of rotatable bonds is 7. The molecule has 0 saturated carbocycles. The van der Waals surface area contributed by atoms with Crippen LogP contribution in [0.15, 0.2) is 42.6 Å². The van der Waals surface area contributed by atoms with Gasteiger partial charge in [-0.25, -0.2) is 4.98 Å². The van der Waals surface area contributed by atoms with Crippen LogP contribution in [0.1, 0.15) is 37.8 Å². The maximum Gasteiger partial charge on any atom is 0.435 e. The molecule has 2 amide bonds. The van der Waals surface area contributed by atoms with Gasteiger partial charge in [-0.05, 0) is 55.2 Å². The first kappa shape index (κ1) is 27.2. The van der Waals surface area contributed by atoms with Gasteiger partial charge in [-0.15, -0.1) is 0 Å². The molecule has 3 aliphatic heterocycles. The van der Waals surface area contributed by atoms with E-state index in [1.807, 2.05) is 4.90 Å². The molecule has 0 radical (unpaired) electrons. The van der Waals surface area contributed by atoms with Gasteiger partial charge in [0.2, 0.25) is 11.8 Å². The molecule has 3 aliphatic rings. The Hall–Kier alpha value is -3.34. The molecular formula is C28H33F3N4O4. The number of nitrogens with one attached hydrogen (secondary N) is 1. The number of ether oxygens (including phenoxy) is 2. The van der Waals surface area contributed by atoms with Gasteiger partial charge in [0.05, 0.1) is 11.6 Å². The molecule has 0 unspecified atom stereocenters. The fourth-order valence-electron chi connectivity index (χ4n) is 5.31. The summed E-state index contributed by atoms with van der Waals surface area (Å²) in [6.07, 6.45) is 0.623. The number of halogens is 3. The summed E-state index contributed by atoms with van der Waals surface area (Å²) in [6.45, 7) is 3.24. The Bertz CT molecular complexity index is 1140. The predicted molar refractivity (Wildman–Crippen MR) is 138 cm³/mol. The molecule has 0 spiro atoms. The first-order valence-electron chi connectivity index (χ1n) is 13.5. The molecule has 4 heterocycles. The number of amides is 2. The van der Waals surface area contributed by atoms with Gasteiger partial charge >= 0.3 is 6.18 Å². The van der Waals surface area contributed by atoms with Crippen molar-refractivity contribution in [3.8, 4) is 5.75 Å². The zero-order valence-corrected chi connectivity index (χ0v) is 21.7. The summed E-state index contributed by atoms with van der Waals surface area (Å²) >= 11 is 0. The first-order valence-corrected chi connectivity index (χ1v) is 13.5. The molecule has 39 heavy (non-hydrogen) atoms. The zero-order valence-electron chi connectivity index (χ0n) is 21.7. The van der Waals surface area contributed by atoms with Crippen molar-refractivity contribution in [2.75, 3.05) is 49.6 Å². The Morgan fingerprint density at radius 3 is 2.38 bits per heavy atom. The molecule has 11 heteroatoms. The number of anilines is 2. The van der Waals surface area contributed by atoms with E-state index in [0.29, 0.717) is 36.9 Å². The summed E-state index contributed by atoms with van der Waals surface area (Å²) < 4.78 is 51.2. The van der Waals surface area contributed by atoms with Crippen LogP contribution < -0.4 is 15.0 Å². The number of carbonyl (C=O) groups excluding carboxylic acids is 2. The minimum Gasteiger partial charge on any atom is -0.490 e. The number of hydrogen-bond donors (Lipinski definition) is 1. The highest BCUT2D eigenvalue weighted by molar-refractivity contribution is 5.94. The highest BCUT2D eigenvalue weighted by Gasteiger charge is 2.41. The van der Waals surface area contributed by atoms with Crippen LogP contribution >= 0.6 is 0 Å². The number of hydrogen-bond acceptors (Lipinski definition) is 6. The number of pyridine rings is 1. The Morgan fingerprint density at radius 1 is 1.03 bits per heavy atom. The minimum absolute atomic E-state index is 0.00919. The molecule has 8 nitrogen and oxygen atoms in total. The van der Waals surface area contributed by atoms with Crippen LogP contribution in [0.2, 0.25) is 0 Å². The van der Waals surface area contributed by atoms with E-state index in [9.17, 15) is 22.8 Å².